The van der Waals surface area contributed by atoms with Crippen LogP contribution in [0.2, 0.25) is 0 Å². The number of carbonyl (C=O) groups is 2. The quantitative estimate of drug-likeness (QED) is 0.759. The van der Waals surface area contributed by atoms with Crippen LogP contribution in [0.3, 0.4) is 0 Å². The van der Waals surface area contributed by atoms with Crippen molar-refractivity contribution in [3.8, 4) is 0 Å². The number of fused-ring (bicyclic) bond motifs is 1. The fourth-order valence-corrected chi connectivity index (χ4v) is 3.00. The Bertz CT molecular complexity index is 520. The van der Waals surface area contributed by atoms with Crippen LogP contribution < -0.4 is 0 Å². The van der Waals surface area contributed by atoms with Crippen LogP contribution in [0.25, 0.3) is 0 Å². The van der Waals surface area contributed by atoms with Crippen LogP contribution in [0.15, 0.2) is 35.3 Å². The van der Waals surface area contributed by atoms with Gasteiger partial charge in [0.05, 0.1) is 6.04 Å². The van der Waals surface area contributed by atoms with Gasteiger partial charge in [0.25, 0.3) is 0 Å². The summed E-state index contributed by atoms with van der Waals surface area (Å²) >= 11 is 1.89. The highest BCUT2D eigenvalue weighted by Crippen LogP contribution is 2.31. The first kappa shape index (κ1) is 14.4. The molecule has 2 heterocycles. The van der Waals surface area contributed by atoms with Crippen molar-refractivity contribution in [2.75, 3.05) is 18.8 Å². The van der Waals surface area contributed by atoms with Gasteiger partial charge in [-0.1, -0.05) is 42.1 Å². The molecule has 2 aliphatic heterocycles. The third-order valence-corrected chi connectivity index (χ3v) is 3.90. The molecule has 7 heteroatoms. The van der Waals surface area contributed by atoms with E-state index in [1.165, 1.54) is 23.0 Å². The Kier molecular flexibility index (Phi) is 4.62. The second kappa shape index (κ2) is 6.42. The van der Waals surface area contributed by atoms with Crippen molar-refractivity contribution < 1.29 is 19.8 Å². The average molecular weight is 294 g/mol. The van der Waals surface area contributed by atoms with E-state index in [1.807, 2.05) is 11.8 Å². The minimum atomic E-state index is -1.82. The zero-order chi connectivity index (χ0) is 14.5. The maximum absolute atomic E-state index is 9.10. The molecule has 1 aromatic rings. The van der Waals surface area contributed by atoms with Gasteiger partial charge in [0.15, 0.2) is 5.17 Å². The Morgan fingerprint density at radius 2 is 1.85 bits per heavy atom. The number of carboxylic acid groups (broad SMARTS) is 2. The molecule has 0 bridgehead atoms. The van der Waals surface area contributed by atoms with Gasteiger partial charge in [0, 0.05) is 18.8 Å². The average Bonchev–Trinajstić information content (AvgIpc) is 3.01. The lowest BCUT2D eigenvalue weighted by Gasteiger charge is -2.12. The fraction of sp³-hybridized carbons (Fsp3) is 0.308. The van der Waals surface area contributed by atoms with E-state index < -0.39 is 11.9 Å². The molecule has 1 unspecified atom stereocenters. The van der Waals surface area contributed by atoms with E-state index in [4.69, 9.17) is 24.8 Å². The van der Waals surface area contributed by atoms with Crippen LogP contribution in [0.1, 0.15) is 11.6 Å². The number of carboxylic acids is 2. The summed E-state index contributed by atoms with van der Waals surface area (Å²) < 4.78 is 0. The molecule has 0 amide bonds. The van der Waals surface area contributed by atoms with Crippen molar-refractivity contribution in [1.29, 1.82) is 0 Å². The molecular weight excluding hydrogens is 280 g/mol. The summed E-state index contributed by atoms with van der Waals surface area (Å²) in [7, 11) is 0. The highest BCUT2D eigenvalue weighted by atomic mass is 32.2. The zero-order valence-electron chi connectivity index (χ0n) is 10.6. The topological polar surface area (TPSA) is 90.2 Å². The Morgan fingerprint density at radius 1 is 1.20 bits per heavy atom. The molecular formula is C13H14N2O4S. The molecule has 0 spiro atoms. The first-order chi connectivity index (χ1) is 9.58. The van der Waals surface area contributed by atoms with E-state index >= 15 is 0 Å². The number of nitrogens with zero attached hydrogens (tertiary/aromatic N) is 2. The number of hydrogen-bond acceptors (Lipinski definition) is 5. The Balaban J connectivity index is 0.000000212. The number of aliphatic imine (C=N–C) groups is 1. The maximum Gasteiger partial charge on any atom is 0.414 e. The normalized spacial score (nSPS) is 19.7. The highest BCUT2D eigenvalue weighted by Gasteiger charge is 2.29. The number of aliphatic carboxylic acids is 2. The molecule has 2 aliphatic rings. The molecule has 1 saturated heterocycles. The molecule has 0 saturated carbocycles. The highest BCUT2D eigenvalue weighted by molar-refractivity contribution is 8.14. The van der Waals surface area contributed by atoms with Gasteiger partial charge < -0.3 is 15.1 Å². The van der Waals surface area contributed by atoms with Crippen LogP contribution >= 0.6 is 11.8 Å². The lowest BCUT2D eigenvalue weighted by molar-refractivity contribution is -0.159. The molecule has 2 N–H and O–H groups in total. The van der Waals surface area contributed by atoms with Gasteiger partial charge in [-0.25, -0.2) is 9.59 Å². The summed E-state index contributed by atoms with van der Waals surface area (Å²) in [6.45, 7) is 2.25. The van der Waals surface area contributed by atoms with Crippen molar-refractivity contribution in [2.24, 2.45) is 4.99 Å². The third-order valence-electron chi connectivity index (χ3n) is 2.89. The summed E-state index contributed by atoms with van der Waals surface area (Å²) in [5.41, 5.74) is 1.34. The fourth-order valence-electron chi connectivity index (χ4n) is 1.96. The van der Waals surface area contributed by atoms with Gasteiger partial charge in [-0.2, -0.15) is 0 Å². The maximum atomic E-state index is 9.10. The molecule has 0 aliphatic carbocycles. The van der Waals surface area contributed by atoms with Crippen molar-refractivity contribution in [2.45, 2.75) is 6.04 Å². The lowest BCUT2D eigenvalue weighted by atomic mass is 10.1. The smallest absolute Gasteiger partial charge is 0.414 e. The van der Waals surface area contributed by atoms with Gasteiger partial charge in [-0.15, -0.1) is 0 Å². The molecule has 6 nitrogen and oxygen atoms in total. The zero-order valence-corrected chi connectivity index (χ0v) is 11.4. The first-order valence-corrected chi connectivity index (χ1v) is 7.03. The van der Waals surface area contributed by atoms with Crippen LogP contribution in [0.4, 0.5) is 0 Å². The largest absolute Gasteiger partial charge is 0.473 e. The van der Waals surface area contributed by atoms with E-state index in [0.29, 0.717) is 6.04 Å². The predicted molar refractivity (Wildman–Crippen MR) is 75.9 cm³/mol. The summed E-state index contributed by atoms with van der Waals surface area (Å²) in [5.74, 6) is -2.44. The molecule has 3 rings (SSSR count). The van der Waals surface area contributed by atoms with Crippen molar-refractivity contribution in [3.63, 3.8) is 0 Å². The Morgan fingerprint density at radius 3 is 2.40 bits per heavy atom. The first-order valence-electron chi connectivity index (χ1n) is 6.04. The molecule has 1 fully saturated rings. The summed E-state index contributed by atoms with van der Waals surface area (Å²) in [5, 5.41) is 16.0. The summed E-state index contributed by atoms with van der Waals surface area (Å²) in [6, 6.07) is 10.9. The van der Waals surface area contributed by atoms with E-state index in [9.17, 15) is 0 Å². The Labute approximate surface area is 120 Å². The number of thioether (sulfide) groups is 1. The van der Waals surface area contributed by atoms with Crippen molar-refractivity contribution in [3.05, 3.63) is 35.9 Å². The van der Waals surface area contributed by atoms with Gasteiger partial charge in [0.1, 0.15) is 0 Å². The molecule has 20 heavy (non-hydrogen) atoms. The second-order valence-corrected chi connectivity index (χ2v) is 5.31. The molecule has 1 atom stereocenters. The lowest BCUT2D eigenvalue weighted by Crippen LogP contribution is -2.21. The van der Waals surface area contributed by atoms with E-state index in [-0.39, 0.29) is 0 Å². The van der Waals surface area contributed by atoms with Gasteiger partial charge >= 0.3 is 11.9 Å². The SMILES string of the molecule is O=C(O)C(=O)O.c1ccc(C2CN3CCSC3=N2)cc1. The van der Waals surface area contributed by atoms with Gasteiger partial charge in [0.2, 0.25) is 0 Å². The van der Waals surface area contributed by atoms with Gasteiger partial charge in [-0.05, 0) is 5.56 Å². The number of amidine groups is 1. The van der Waals surface area contributed by atoms with Crippen molar-refractivity contribution >= 4 is 28.9 Å². The van der Waals surface area contributed by atoms with Crippen LogP contribution in [-0.2, 0) is 9.59 Å². The Hall–Kier alpha value is -2.02. The number of benzene rings is 1. The minimum absolute atomic E-state index is 0.374. The van der Waals surface area contributed by atoms with Gasteiger partial charge in [-0.3, -0.25) is 4.99 Å². The van der Waals surface area contributed by atoms with E-state index in [1.54, 1.807) is 0 Å². The van der Waals surface area contributed by atoms with E-state index in [0.717, 1.165) is 6.54 Å². The second-order valence-electron chi connectivity index (χ2n) is 4.24. The van der Waals surface area contributed by atoms with Crippen LogP contribution in [-0.4, -0.2) is 51.1 Å². The third kappa shape index (κ3) is 3.51. The van der Waals surface area contributed by atoms with Crippen molar-refractivity contribution in [1.82, 2.24) is 4.90 Å². The van der Waals surface area contributed by atoms with Crippen LogP contribution in [0, 0.1) is 0 Å². The molecule has 1 aromatic carbocycles. The van der Waals surface area contributed by atoms with E-state index in [2.05, 4.69) is 35.2 Å². The standard InChI is InChI=1S/C11H12N2S.C2H2O4/c1-2-4-9(5-3-1)10-8-13-6-7-14-11(13)12-10;3-1(4)2(5)6/h1-5,10H,6-8H2;(H,3,4)(H,5,6). The molecule has 0 aromatic heterocycles. The summed E-state index contributed by atoms with van der Waals surface area (Å²) in [4.78, 5) is 25.3. The number of rotatable bonds is 1. The molecule has 0 radical (unpaired) electrons. The summed E-state index contributed by atoms with van der Waals surface area (Å²) in [6.07, 6.45) is 0. The number of hydrogen-bond donors (Lipinski definition) is 2. The molecule has 106 valence electrons. The van der Waals surface area contributed by atoms with Crippen LogP contribution in [0.5, 0.6) is 0 Å². The predicted octanol–water partition coefficient (Wildman–Crippen LogP) is 1.30. The monoisotopic (exact) mass is 294 g/mol. The minimum Gasteiger partial charge on any atom is -0.473 e.